The SMILES string of the molecule is O=C(NCCNC1CCCCCC1)N1CCCC1. The van der Waals surface area contributed by atoms with Gasteiger partial charge in [0.1, 0.15) is 0 Å². The molecule has 4 heteroatoms. The van der Waals surface area contributed by atoms with Gasteiger partial charge in [-0.15, -0.1) is 0 Å². The number of urea groups is 1. The molecule has 18 heavy (non-hydrogen) atoms. The molecular formula is C14H27N3O. The molecule has 0 aromatic heterocycles. The van der Waals surface area contributed by atoms with Gasteiger partial charge in [-0.3, -0.25) is 0 Å². The summed E-state index contributed by atoms with van der Waals surface area (Å²) in [6, 6.07) is 0.798. The standard InChI is InChI=1S/C14H27N3O/c18-14(17-11-5-6-12-17)16-10-9-15-13-7-3-1-2-4-8-13/h13,15H,1-12H2,(H,16,18). The van der Waals surface area contributed by atoms with E-state index in [2.05, 4.69) is 10.6 Å². The molecule has 0 bridgehead atoms. The first-order valence-corrected chi connectivity index (χ1v) is 7.62. The van der Waals surface area contributed by atoms with E-state index in [-0.39, 0.29) is 6.03 Å². The quantitative estimate of drug-likeness (QED) is 0.595. The van der Waals surface area contributed by atoms with Crippen LogP contribution < -0.4 is 10.6 Å². The van der Waals surface area contributed by atoms with E-state index in [4.69, 9.17) is 0 Å². The molecule has 2 aliphatic rings. The molecule has 1 saturated carbocycles. The second kappa shape index (κ2) is 7.62. The highest BCUT2D eigenvalue weighted by atomic mass is 16.2. The summed E-state index contributed by atoms with van der Waals surface area (Å²) < 4.78 is 0. The Morgan fingerprint density at radius 1 is 0.944 bits per heavy atom. The number of hydrogen-bond acceptors (Lipinski definition) is 2. The van der Waals surface area contributed by atoms with Crippen LogP contribution in [0.5, 0.6) is 0 Å². The largest absolute Gasteiger partial charge is 0.337 e. The van der Waals surface area contributed by atoms with Gasteiger partial charge in [0.25, 0.3) is 0 Å². The van der Waals surface area contributed by atoms with Crippen LogP contribution in [0.1, 0.15) is 51.4 Å². The molecule has 2 N–H and O–H groups in total. The van der Waals surface area contributed by atoms with Gasteiger partial charge in [-0.25, -0.2) is 4.79 Å². The van der Waals surface area contributed by atoms with E-state index in [0.717, 1.165) is 39.0 Å². The fourth-order valence-electron chi connectivity index (χ4n) is 2.96. The van der Waals surface area contributed by atoms with Crippen molar-refractivity contribution in [2.45, 2.75) is 57.4 Å². The van der Waals surface area contributed by atoms with Crippen molar-refractivity contribution in [2.75, 3.05) is 26.2 Å². The van der Waals surface area contributed by atoms with E-state index in [9.17, 15) is 4.79 Å². The van der Waals surface area contributed by atoms with Gasteiger partial charge in [0.2, 0.25) is 0 Å². The first-order valence-electron chi connectivity index (χ1n) is 7.62. The highest BCUT2D eigenvalue weighted by Gasteiger charge is 2.17. The molecule has 0 unspecified atom stereocenters. The number of nitrogens with one attached hydrogen (secondary N) is 2. The van der Waals surface area contributed by atoms with Crippen molar-refractivity contribution >= 4 is 6.03 Å². The van der Waals surface area contributed by atoms with Crippen LogP contribution in [0, 0.1) is 0 Å². The number of carbonyl (C=O) groups excluding carboxylic acids is 1. The van der Waals surface area contributed by atoms with Crippen LogP contribution in [0.4, 0.5) is 4.79 Å². The van der Waals surface area contributed by atoms with Crippen LogP contribution in [-0.2, 0) is 0 Å². The lowest BCUT2D eigenvalue weighted by Crippen LogP contribution is -2.42. The number of carbonyl (C=O) groups is 1. The zero-order chi connectivity index (χ0) is 12.6. The van der Waals surface area contributed by atoms with Gasteiger partial charge in [-0.1, -0.05) is 25.7 Å². The summed E-state index contributed by atoms with van der Waals surface area (Å²) in [6.07, 6.45) is 10.4. The molecule has 0 atom stereocenters. The van der Waals surface area contributed by atoms with Crippen LogP contribution in [0.2, 0.25) is 0 Å². The normalized spacial score (nSPS) is 21.9. The summed E-state index contributed by atoms with van der Waals surface area (Å²) in [5.41, 5.74) is 0. The van der Waals surface area contributed by atoms with Gasteiger partial charge in [-0.05, 0) is 25.7 Å². The first kappa shape index (κ1) is 13.7. The Morgan fingerprint density at radius 3 is 2.28 bits per heavy atom. The third-order valence-corrected chi connectivity index (χ3v) is 4.08. The smallest absolute Gasteiger partial charge is 0.317 e. The molecule has 2 amide bonds. The fourth-order valence-corrected chi connectivity index (χ4v) is 2.96. The second-order valence-corrected chi connectivity index (χ2v) is 5.57. The fraction of sp³-hybridized carbons (Fsp3) is 0.929. The monoisotopic (exact) mass is 253 g/mol. The minimum Gasteiger partial charge on any atom is -0.337 e. The van der Waals surface area contributed by atoms with E-state index in [1.54, 1.807) is 0 Å². The molecule has 1 aliphatic carbocycles. The molecule has 104 valence electrons. The molecule has 2 rings (SSSR count). The average Bonchev–Trinajstić information content (AvgIpc) is 2.80. The second-order valence-electron chi connectivity index (χ2n) is 5.57. The molecular weight excluding hydrogens is 226 g/mol. The molecule has 1 heterocycles. The van der Waals surface area contributed by atoms with Crippen molar-refractivity contribution in [3.05, 3.63) is 0 Å². The minimum atomic E-state index is 0.121. The lowest BCUT2D eigenvalue weighted by atomic mass is 10.1. The number of nitrogens with zero attached hydrogens (tertiary/aromatic N) is 1. The maximum absolute atomic E-state index is 11.7. The minimum absolute atomic E-state index is 0.121. The van der Waals surface area contributed by atoms with Crippen LogP contribution in [0.3, 0.4) is 0 Å². The van der Waals surface area contributed by atoms with E-state index in [1.807, 2.05) is 4.90 Å². The van der Waals surface area contributed by atoms with E-state index in [1.165, 1.54) is 38.5 Å². The van der Waals surface area contributed by atoms with Crippen molar-refractivity contribution < 1.29 is 4.79 Å². The maximum atomic E-state index is 11.7. The predicted molar refractivity (Wildman–Crippen MR) is 73.7 cm³/mol. The topological polar surface area (TPSA) is 44.4 Å². The van der Waals surface area contributed by atoms with Gasteiger partial charge < -0.3 is 15.5 Å². The molecule has 0 spiro atoms. The Hall–Kier alpha value is -0.770. The van der Waals surface area contributed by atoms with Gasteiger partial charge in [0.05, 0.1) is 0 Å². The van der Waals surface area contributed by atoms with Crippen LogP contribution in [0.25, 0.3) is 0 Å². The first-order chi connectivity index (χ1) is 8.86. The van der Waals surface area contributed by atoms with Crippen LogP contribution in [0.15, 0.2) is 0 Å². The summed E-state index contributed by atoms with van der Waals surface area (Å²) in [5.74, 6) is 0. The van der Waals surface area contributed by atoms with Crippen molar-refractivity contribution in [2.24, 2.45) is 0 Å². The van der Waals surface area contributed by atoms with E-state index in [0.29, 0.717) is 6.04 Å². The molecule has 1 aliphatic heterocycles. The molecule has 2 fully saturated rings. The lowest BCUT2D eigenvalue weighted by molar-refractivity contribution is 0.208. The summed E-state index contributed by atoms with van der Waals surface area (Å²) in [5, 5.41) is 6.58. The molecule has 4 nitrogen and oxygen atoms in total. The number of hydrogen-bond donors (Lipinski definition) is 2. The Morgan fingerprint density at radius 2 is 1.61 bits per heavy atom. The number of likely N-dealkylation sites (tertiary alicyclic amines) is 1. The molecule has 0 radical (unpaired) electrons. The summed E-state index contributed by atoms with van der Waals surface area (Å²) in [6.45, 7) is 3.53. The summed E-state index contributed by atoms with van der Waals surface area (Å²) >= 11 is 0. The Labute approximate surface area is 110 Å². The van der Waals surface area contributed by atoms with Crippen molar-refractivity contribution in [1.82, 2.24) is 15.5 Å². The van der Waals surface area contributed by atoms with Crippen LogP contribution >= 0.6 is 0 Å². The Balaban J connectivity index is 1.53. The van der Waals surface area contributed by atoms with Gasteiger partial charge in [0.15, 0.2) is 0 Å². The number of rotatable bonds is 4. The highest BCUT2D eigenvalue weighted by Crippen LogP contribution is 2.16. The van der Waals surface area contributed by atoms with Gasteiger partial charge >= 0.3 is 6.03 Å². The van der Waals surface area contributed by atoms with Gasteiger partial charge in [0, 0.05) is 32.2 Å². The summed E-state index contributed by atoms with van der Waals surface area (Å²) in [7, 11) is 0. The number of amides is 2. The molecule has 0 aromatic carbocycles. The summed E-state index contributed by atoms with van der Waals surface area (Å²) in [4.78, 5) is 13.7. The molecule has 0 aromatic rings. The van der Waals surface area contributed by atoms with Crippen LogP contribution in [-0.4, -0.2) is 43.2 Å². The zero-order valence-electron chi connectivity index (χ0n) is 11.4. The Bertz CT molecular complexity index is 243. The molecule has 1 saturated heterocycles. The Kier molecular flexibility index (Phi) is 5.78. The van der Waals surface area contributed by atoms with E-state index >= 15 is 0 Å². The highest BCUT2D eigenvalue weighted by molar-refractivity contribution is 5.74. The van der Waals surface area contributed by atoms with Crippen molar-refractivity contribution in [3.8, 4) is 0 Å². The zero-order valence-corrected chi connectivity index (χ0v) is 11.4. The third-order valence-electron chi connectivity index (χ3n) is 4.08. The van der Waals surface area contributed by atoms with E-state index < -0.39 is 0 Å². The van der Waals surface area contributed by atoms with Gasteiger partial charge in [-0.2, -0.15) is 0 Å². The lowest BCUT2D eigenvalue weighted by Gasteiger charge is -2.18. The third kappa shape index (κ3) is 4.48. The predicted octanol–water partition coefficient (Wildman–Crippen LogP) is 2.10. The maximum Gasteiger partial charge on any atom is 0.317 e. The van der Waals surface area contributed by atoms with Crippen molar-refractivity contribution in [1.29, 1.82) is 0 Å². The van der Waals surface area contributed by atoms with Crippen molar-refractivity contribution in [3.63, 3.8) is 0 Å². The average molecular weight is 253 g/mol.